The zero-order valence-corrected chi connectivity index (χ0v) is 15.4. The summed E-state index contributed by atoms with van der Waals surface area (Å²) in [4.78, 5) is 22.7. The monoisotopic (exact) mass is 394 g/mol. The first kappa shape index (κ1) is 18.1. The Hall–Kier alpha value is -2.22. The van der Waals surface area contributed by atoms with Crippen LogP contribution in [-0.4, -0.2) is 27.2 Å². The fraction of sp³-hybridized carbons (Fsp3) is 0.375. The summed E-state index contributed by atoms with van der Waals surface area (Å²) in [6.45, 7) is 6.65. The third kappa shape index (κ3) is 3.81. The highest BCUT2D eigenvalue weighted by atomic mass is 79.9. The van der Waals surface area contributed by atoms with E-state index in [9.17, 15) is 14.9 Å². The van der Waals surface area contributed by atoms with Crippen LogP contribution in [0.25, 0.3) is 0 Å². The van der Waals surface area contributed by atoms with Gasteiger partial charge in [-0.2, -0.15) is 5.10 Å². The summed E-state index contributed by atoms with van der Waals surface area (Å²) in [6, 6.07) is 4.51. The summed E-state index contributed by atoms with van der Waals surface area (Å²) >= 11 is 3.48. The molecule has 0 unspecified atom stereocenters. The molecule has 0 saturated carbocycles. The molecule has 7 nitrogen and oxygen atoms in total. The van der Waals surface area contributed by atoms with Crippen molar-refractivity contribution in [3.8, 4) is 0 Å². The predicted octanol–water partition coefficient (Wildman–Crippen LogP) is 3.30. The minimum atomic E-state index is -0.479. The van der Waals surface area contributed by atoms with Gasteiger partial charge in [-0.1, -0.05) is 6.07 Å². The van der Waals surface area contributed by atoms with E-state index in [1.807, 2.05) is 18.5 Å². The van der Waals surface area contributed by atoms with Gasteiger partial charge in [0.15, 0.2) is 0 Å². The first-order valence-electron chi connectivity index (χ1n) is 7.54. The van der Waals surface area contributed by atoms with Gasteiger partial charge in [-0.25, -0.2) is 0 Å². The number of aromatic nitrogens is 2. The average molecular weight is 395 g/mol. The van der Waals surface area contributed by atoms with Crippen molar-refractivity contribution in [3.05, 3.63) is 55.3 Å². The molecule has 24 heavy (non-hydrogen) atoms. The molecule has 0 bridgehead atoms. The Balaban J connectivity index is 1.93. The Labute approximate surface area is 148 Å². The van der Waals surface area contributed by atoms with E-state index in [4.69, 9.17) is 0 Å². The standard InChI is InChI=1S/C16H19BrN4O3/c1-10-13(6-4-7-14(10)21(23)24)16(22)18-8-5-9-20-12(3)15(17)11(2)19-20/h4,6-7H,5,8-9H2,1-3H3,(H,18,22). The Morgan fingerprint density at radius 3 is 2.67 bits per heavy atom. The summed E-state index contributed by atoms with van der Waals surface area (Å²) in [5.74, 6) is -0.300. The summed E-state index contributed by atoms with van der Waals surface area (Å²) in [5, 5.41) is 18.2. The van der Waals surface area contributed by atoms with Crippen molar-refractivity contribution in [2.45, 2.75) is 33.7 Å². The molecule has 2 rings (SSSR count). The average Bonchev–Trinajstić information content (AvgIpc) is 2.78. The molecule has 128 valence electrons. The minimum absolute atomic E-state index is 0.0462. The number of nitrogens with one attached hydrogen (secondary N) is 1. The molecule has 2 aromatic rings. The molecule has 0 aliphatic carbocycles. The van der Waals surface area contributed by atoms with Gasteiger partial charge < -0.3 is 5.32 Å². The lowest BCUT2D eigenvalue weighted by molar-refractivity contribution is -0.385. The maximum atomic E-state index is 12.2. The lowest BCUT2D eigenvalue weighted by atomic mass is 10.1. The van der Waals surface area contributed by atoms with E-state index in [2.05, 4.69) is 26.3 Å². The first-order chi connectivity index (χ1) is 11.3. The van der Waals surface area contributed by atoms with E-state index in [0.29, 0.717) is 30.6 Å². The number of carbonyl (C=O) groups is 1. The molecule has 1 amide bonds. The van der Waals surface area contributed by atoms with Gasteiger partial charge in [-0.05, 0) is 49.2 Å². The molecule has 0 fully saturated rings. The highest BCUT2D eigenvalue weighted by Gasteiger charge is 2.17. The molecular formula is C16H19BrN4O3. The van der Waals surface area contributed by atoms with Gasteiger partial charge in [0.25, 0.3) is 11.6 Å². The SMILES string of the molecule is Cc1nn(CCCNC(=O)c2cccc([N+](=O)[O-])c2C)c(C)c1Br. The quantitative estimate of drug-likeness (QED) is 0.462. The highest BCUT2D eigenvalue weighted by Crippen LogP contribution is 2.21. The molecule has 0 atom stereocenters. The van der Waals surface area contributed by atoms with Crippen LogP contribution < -0.4 is 5.32 Å². The van der Waals surface area contributed by atoms with Crippen molar-refractivity contribution < 1.29 is 9.72 Å². The zero-order valence-electron chi connectivity index (χ0n) is 13.8. The number of aryl methyl sites for hydroxylation is 2. The van der Waals surface area contributed by atoms with Crippen LogP contribution >= 0.6 is 15.9 Å². The number of carbonyl (C=O) groups excluding carboxylic acids is 1. The molecule has 1 N–H and O–H groups in total. The van der Waals surface area contributed by atoms with Gasteiger partial charge in [-0.15, -0.1) is 0 Å². The van der Waals surface area contributed by atoms with Crippen molar-refractivity contribution in [2.75, 3.05) is 6.54 Å². The largest absolute Gasteiger partial charge is 0.352 e. The maximum Gasteiger partial charge on any atom is 0.273 e. The number of nitro groups is 1. The van der Waals surface area contributed by atoms with Crippen LogP contribution in [0.4, 0.5) is 5.69 Å². The zero-order chi connectivity index (χ0) is 17.9. The second-order valence-electron chi connectivity index (χ2n) is 5.52. The molecule has 0 aliphatic heterocycles. The number of benzene rings is 1. The second kappa shape index (κ2) is 7.57. The van der Waals surface area contributed by atoms with Gasteiger partial charge in [0.2, 0.25) is 0 Å². The van der Waals surface area contributed by atoms with Crippen molar-refractivity contribution in [1.82, 2.24) is 15.1 Å². The van der Waals surface area contributed by atoms with Gasteiger partial charge in [0.05, 0.1) is 15.1 Å². The van der Waals surface area contributed by atoms with E-state index in [0.717, 1.165) is 15.9 Å². The Morgan fingerprint density at radius 1 is 1.38 bits per heavy atom. The van der Waals surface area contributed by atoms with Crippen LogP contribution in [0.2, 0.25) is 0 Å². The topological polar surface area (TPSA) is 90.1 Å². The van der Waals surface area contributed by atoms with Crippen LogP contribution in [0.3, 0.4) is 0 Å². The van der Waals surface area contributed by atoms with Crippen molar-refractivity contribution in [2.24, 2.45) is 0 Å². The van der Waals surface area contributed by atoms with Crippen LogP contribution in [0.15, 0.2) is 22.7 Å². The van der Waals surface area contributed by atoms with Gasteiger partial charge in [0, 0.05) is 36.0 Å². The van der Waals surface area contributed by atoms with Gasteiger partial charge in [-0.3, -0.25) is 19.6 Å². The molecule has 0 aliphatic rings. The van der Waals surface area contributed by atoms with Crippen LogP contribution in [-0.2, 0) is 6.54 Å². The second-order valence-corrected chi connectivity index (χ2v) is 6.32. The number of amides is 1. The Morgan fingerprint density at radius 2 is 2.08 bits per heavy atom. The predicted molar refractivity (Wildman–Crippen MR) is 94.2 cm³/mol. The summed E-state index contributed by atoms with van der Waals surface area (Å²) in [7, 11) is 0. The Bertz CT molecular complexity index is 786. The molecular weight excluding hydrogens is 376 g/mol. The number of hydrogen-bond acceptors (Lipinski definition) is 4. The molecule has 1 heterocycles. The van der Waals surface area contributed by atoms with Crippen LogP contribution in [0.1, 0.15) is 33.7 Å². The summed E-state index contributed by atoms with van der Waals surface area (Å²) in [5.41, 5.74) is 2.65. The van der Waals surface area contributed by atoms with Crippen LogP contribution in [0.5, 0.6) is 0 Å². The molecule has 0 saturated heterocycles. The number of nitrogens with zero attached hydrogens (tertiary/aromatic N) is 3. The first-order valence-corrected chi connectivity index (χ1v) is 8.34. The minimum Gasteiger partial charge on any atom is -0.352 e. The maximum absolute atomic E-state index is 12.2. The number of halogens is 1. The molecule has 1 aromatic heterocycles. The van der Waals surface area contributed by atoms with E-state index < -0.39 is 4.92 Å². The smallest absolute Gasteiger partial charge is 0.273 e. The van der Waals surface area contributed by atoms with Crippen molar-refractivity contribution in [1.29, 1.82) is 0 Å². The number of hydrogen-bond donors (Lipinski definition) is 1. The van der Waals surface area contributed by atoms with E-state index in [1.165, 1.54) is 12.1 Å². The molecule has 1 aromatic carbocycles. The lowest BCUT2D eigenvalue weighted by Gasteiger charge is -2.09. The van der Waals surface area contributed by atoms with Crippen LogP contribution in [0, 0.1) is 30.9 Å². The van der Waals surface area contributed by atoms with Gasteiger partial charge in [0.1, 0.15) is 0 Å². The van der Waals surface area contributed by atoms with E-state index >= 15 is 0 Å². The third-order valence-corrected chi connectivity index (χ3v) is 5.02. The fourth-order valence-corrected chi connectivity index (χ4v) is 2.77. The van der Waals surface area contributed by atoms with E-state index in [-0.39, 0.29) is 11.6 Å². The number of rotatable bonds is 6. The fourth-order valence-electron chi connectivity index (χ4n) is 2.49. The normalized spacial score (nSPS) is 10.7. The molecule has 0 radical (unpaired) electrons. The third-order valence-electron chi connectivity index (χ3n) is 3.87. The molecule has 8 heteroatoms. The van der Waals surface area contributed by atoms with Crippen molar-refractivity contribution in [3.63, 3.8) is 0 Å². The van der Waals surface area contributed by atoms with E-state index in [1.54, 1.807) is 13.0 Å². The summed E-state index contributed by atoms with van der Waals surface area (Å²) < 4.78 is 2.89. The highest BCUT2D eigenvalue weighted by molar-refractivity contribution is 9.10. The number of nitro benzene ring substituents is 1. The van der Waals surface area contributed by atoms with Crippen molar-refractivity contribution >= 4 is 27.5 Å². The lowest BCUT2D eigenvalue weighted by Crippen LogP contribution is -2.26. The molecule has 0 spiro atoms. The van der Waals surface area contributed by atoms with Gasteiger partial charge >= 0.3 is 0 Å². The Kier molecular flexibility index (Phi) is 5.71. The summed E-state index contributed by atoms with van der Waals surface area (Å²) in [6.07, 6.45) is 0.716.